The molecule has 31 heavy (non-hydrogen) atoms. The van der Waals surface area contributed by atoms with Gasteiger partial charge in [0.05, 0.1) is 64.2 Å². The Hall–Kier alpha value is -1.82. The van der Waals surface area contributed by atoms with Crippen molar-refractivity contribution in [1.82, 2.24) is 9.44 Å². The van der Waals surface area contributed by atoms with Crippen LogP contribution in [0.5, 0.6) is 0 Å². The highest BCUT2D eigenvalue weighted by Crippen LogP contribution is 2.16. The van der Waals surface area contributed by atoms with E-state index in [9.17, 15) is 16.8 Å². The third-order valence-electron chi connectivity index (χ3n) is 4.71. The van der Waals surface area contributed by atoms with E-state index in [0.29, 0.717) is 32.6 Å². The Morgan fingerprint density at radius 2 is 0.935 bits per heavy atom. The van der Waals surface area contributed by atoms with E-state index in [-0.39, 0.29) is 9.79 Å². The van der Waals surface area contributed by atoms with Gasteiger partial charge in [-0.2, -0.15) is 0 Å². The molecule has 0 aliphatic carbocycles. The molecule has 2 aromatic carbocycles. The van der Waals surface area contributed by atoms with Gasteiger partial charge in [0.25, 0.3) is 0 Å². The lowest BCUT2D eigenvalue weighted by Gasteiger charge is -2.10. The maximum Gasteiger partial charge on any atom is 0.240 e. The second-order valence-electron chi connectivity index (χ2n) is 8.17. The summed E-state index contributed by atoms with van der Waals surface area (Å²) >= 11 is 0. The van der Waals surface area contributed by atoms with Crippen LogP contribution in [0, 0.1) is 0 Å². The molecule has 8 nitrogen and oxygen atoms in total. The van der Waals surface area contributed by atoms with Gasteiger partial charge in [0.1, 0.15) is 0 Å². The summed E-state index contributed by atoms with van der Waals surface area (Å²) in [5.74, 6) is 0. The Bertz CT molecular complexity index is 948. The van der Waals surface area contributed by atoms with Crippen LogP contribution in [0.3, 0.4) is 0 Å². The van der Waals surface area contributed by atoms with Gasteiger partial charge in [-0.25, -0.2) is 26.3 Å². The normalized spacial score (nSPS) is 12.6. The number of benzene rings is 2. The molecule has 0 bridgehead atoms. The molecule has 0 aliphatic heterocycles. The molecular weight excluding hydrogens is 436 g/mol. The first-order valence-corrected chi connectivity index (χ1v) is 13.2. The molecule has 2 aromatic rings. The molecule has 0 saturated carbocycles. The summed E-state index contributed by atoms with van der Waals surface area (Å²) in [6, 6.07) is 13.5. The molecule has 4 N–H and O–H groups in total. The average molecular weight is 471 g/mol. The van der Waals surface area contributed by atoms with Gasteiger partial charge in [-0.3, -0.25) is 0 Å². The zero-order valence-corrected chi connectivity index (χ0v) is 20.2. The van der Waals surface area contributed by atoms with Gasteiger partial charge >= 0.3 is 0 Å². The van der Waals surface area contributed by atoms with Crippen LogP contribution in [0.1, 0.15) is 11.1 Å². The van der Waals surface area contributed by atoms with E-state index in [1.165, 1.54) is 9.80 Å². The molecule has 0 atom stereocenters. The fraction of sp³-hybridized carbons (Fsp3) is 0.429. The minimum Gasteiger partial charge on any atom is -0.339 e. The maximum atomic E-state index is 12.3. The van der Waals surface area contributed by atoms with E-state index >= 15 is 0 Å². The summed E-state index contributed by atoms with van der Waals surface area (Å²) in [5.41, 5.74) is 1.89. The van der Waals surface area contributed by atoms with E-state index in [2.05, 4.69) is 9.44 Å². The topological polar surface area (TPSA) is 101 Å². The van der Waals surface area contributed by atoms with Crippen LogP contribution in [0.2, 0.25) is 0 Å². The standard InChI is InChI=1S/C21H32N4O4S2/c1-24(2)15-13-22-30(26,27)20-9-5-18(6-10-20)17-19-7-11-21(12-8-19)31(28,29)23-14-16-25(3)4/h5-12,22-23H,13-17H2,1-4H3/p+2. The van der Waals surface area contributed by atoms with Crippen LogP contribution >= 0.6 is 0 Å². The van der Waals surface area contributed by atoms with Crippen molar-refractivity contribution in [2.75, 3.05) is 54.4 Å². The van der Waals surface area contributed by atoms with E-state index in [0.717, 1.165) is 11.1 Å². The summed E-state index contributed by atoms with van der Waals surface area (Å²) in [6.07, 6.45) is 0.579. The van der Waals surface area contributed by atoms with Gasteiger partial charge in [0.15, 0.2) is 0 Å². The summed E-state index contributed by atoms with van der Waals surface area (Å²) in [5, 5.41) is 0. The summed E-state index contributed by atoms with van der Waals surface area (Å²) in [7, 11) is 0.825. The SMILES string of the molecule is C[NH+](C)CCNS(=O)(=O)c1ccc(Cc2ccc(S(=O)(=O)NCC[NH+](C)C)cc2)cc1. The third-order valence-corrected chi connectivity index (χ3v) is 7.66. The number of sulfonamides is 2. The lowest BCUT2D eigenvalue weighted by molar-refractivity contribution is -0.856. The fourth-order valence-corrected chi connectivity index (χ4v) is 4.91. The smallest absolute Gasteiger partial charge is 0.240 e. The predicted molar refractivity (Wildman–Crippen MR) is 121 cm³/mol. The first-order valence-electron chi connectivity index (χ1n) is 10.2. The molecule has 0 aromatic heterocycles. The van der Waals surface area contributed by atoms with Crippen LogP contribution in [-0.4, -0.2) is 71.2 Å². The molecule has 10 heteroatoms. The molecule has 0 fully saturated rings. The molecule has 0 unspecified atom stereocenters. The number of hydrogen-bond acceptors (Lipinski definition) is 4. The van der Waals surface area contributed by atoms with Crippen LogP contribution in [0.25, 0.3) is 0 Å². The molecule has 0 saturated heterocycles. The van der Waals surface area contributed by atoms with Gasteiger partial charge in [0, 0.05) is 0 Å². The van der Waals surface area contributed by atoms with Gasteiger partial charge in [-0.05, 0) is 41.8 Å². The molecule has 0 aliphatic rings. The number of nitrogens with one attached hydrogen (secondary N) is 4. The van der Waals surface area contributed by atoms with Crippen LogP contribution in [-0.2, 0) is 26.5 Å². The molecule has 0 radical (unpaired) electrons. The van der Waals surface area contributed by atoms with E-state index in [1.807, 2.05) is 28.2 Å². The highest BCUT2D eigenvalue weighted by molar-refractivity contribution is 7.89. The maximum absolute atomic E-state index is 12.3. The third kappa shape index (κ3) is 8.32. The Labute approximate surface area is 186 Å². The van der Waals surface area contributed by atoms with Crippen LogP contribution < -0.4 is 19.2 Å². The number of likely N-dealkylation sites (N-methyl/N-ethyl adjacent to an activating group) is 2. The molecule has 2 rings (SSSR count). The Morgan fingerprint density at radius 3 is 1.23 bits per heavy atom. The van der Waals surface area contributed by atoms with Gasteiger partial charge < -0.3 is 9.80 Å². The molecular formula is C21H34N4O4S2+2. The average Bonchev–Trinajstić information content (AvgIpc) is 2.68. The lowest BCUT2D eigenvalue weighted by atomic mass is 10.1. The summed E-state index contributed by atoms with van der Waals surface area (Å²) in [6.45, 7) is 2.17. The van der Waals surface area contributed by atoms with Crippen molar-refractivity contribution in [2.45, 2.75) is 16.2 Å². The molecule has 172 valence electrons. The number of hydrogen-bond donors (Lipinski definition) is 4. The molecule has 0 spiro atoms. The summed E-state index contributed by atoms with van der Waals surface area (Å²) in [4.78, 5) is 2.80. The minimum atomic E-state index is -3.52. The van der Waals surface area contributed by atoms with E-state index in [4.69, 9.17) is 0 Å². The van der Waals surface area contributed by atoms with Crippen molar-refractivity contribution in [3.05, 3.63) is 59.7 Å². The second kappa shape index (κ2) is 11.2. The summed E-state index contributed by atoms with van der Waals surface area (Å²) < 4.78 is 54.6. The van der Waals surface area contributed by atoms with Crippen molar-refractivity contribution in [1.29, 1.82) is 0 Å². The molecule has 0 heterocycles. The van der Waals surface area contributed by atoms with E-state index in [1.54, 1.807) is 48.5 Å². The van der Waals surface area contributed by atoms with Crippen molar-refractivity contribution in [2.24, 2.45) is 0 Å². The minimum absolute atomic E-state index is 0.233. The van der Waals surface area contributed by atoms with Gasteiger partial charge in [-0.1, -0.05) is 24.3 Å². The Kier molecular flexibility index (Phi) is 9.16. The highest BCUT2D eigenvalue weighted by Gasteiger charge is 2.15. The van der Waals surface area contributed by atoms with Gasteiger partial charge in [-0.15, -0.1) is 0 Å². The van der Waals surface area contributed by atoms with Crippen molar-refractivity contribution < 1.29 is 26.6 Å². The van der Waals surface area contributed by atoms with Crippen LogP contribution in [0.4, 0.5) is 0 Å². The zero-order chi connectivity index (χ0) is 23.1. The lowest BCUT2D eigenvalue weighted by Crippen LogP contribution is -3.06. The van der Waals surface area contributed by atoms with Crippen molar-refractivity contribution in [3.63, 3.8) is 0 Å². The first kappa shape index (κ1) is 25.4. The number of rotatable bonds is 12. The quantitative estimate of drug-likeness (QED) is 0.292. The molecule has 0 amide bonds. The van der Waals surface area contributed by atoms with Crippen LogP contribution in [0.15, 0.2) is 58.3 Å². The Balaban J connectivity index is 1.99. The number of quaternary nitrogens is 2. The first-order chi connectivity index (χ1) is 14.5. The highest BCUT2D eigenvalue weighted by atomic mass is 32.2. The largest absolute Gasteiger partial charge is 0.339 e. The van der Waals surface area contributed by atoms with Gasteiger partial charge in [0.2, 0.25) is 20.0 Å². The predicted octanol–water partition coefficient (Wildman–Crippen LogP) is -1.88. The monoisotopic (exact) mass is 470 g/mol. The second-order valence-corrected chi connectivity index (χ2v) is 11.7. The fourth-order valence-electron chi connectivity index (χ4n) is 2.85. The van der Waals surface area contributed by atoms with Crippen molar-refractivity contribution >= 4 is 20.0 Å². The zero-order valence-electron chi connectivity index (χ0n) is 18.6. The Morgan fingerprint density at radius 1 is 0.613 bits per heavy atom. The van der Waals surface area contributed by atoms with E-state index < -0.39 is 20.0 Å². The van der Waals surface area contributed by atoms with Crippen molar-refractivity contribution in [3.8, 4) is 0 Å².